The fourth-order valence-electron chi connectivity index (χ4n) is 3.25. The molecule has 0 fully saturated rings. The molecular weight excluding hydrogens is 356 g/mol. The van der Waals surface area contributed by atoms with E-state index in [2.05, 4.69) is 18.6 Å². The zero-order valence-corrected chi connectivity index (χ0v) is 16.2. The molecule has 0 saturated heterocycles. The number of aryl methyl sites for hydroxylation is 1. The Bertz CT molecular complexity index is 850. The van der Waals surface area contributed by atoms with Gasteiger partial charge in [0.2, 0.25) is 10.0 Å². The van der Waals surface area contributed by atoms with Crippen LogP contribution in [0, 0.1) is 0 Å². The molecule has 136 valence electrons. The number of nitrogen functional groups attached to an aromatic ring is 1. The number of hydrogen-bond acceptors (Lipinski definition) is 3. The minimum atomic E-state index is -3.55. The number of fused-ring (bicyclic) bond motifs is 1. The second kappa shape index (κ2) is 7.77. The predicted molar refractivity (Wildman–Crippen MR) is 105 cm³/mol. The van der Waals surface area contributed by atoms with E-state index in [0.29, 0.717) is 10.8 Å². The quantitative estimate of drug-likeness (QED) is 0.782. The maximum atomic E-state index is 12.8. The van der Waals surface area contributed by atoms with E-state index >= 15 is 0 Å². The van der Waals surface area contributed by atoms with E-state index in [-0.39, 0.29) is 18.4 Å². The zero-order valence-electron chi connectivity index (χ0n) is 14.5. The molecule has 0 bridgehead atoms. The summed E-state index contributed by atoms with van der Waals surface area (Å²) in [5, 5.41) is 0. The van der Waals surface area contributed by atoms with Gasteiger partial charge in [-0.25, -0.2) is 13.1 Å². The highest BCUT2D eigenvalue weighted by Crippen LogP contribution is 2.32. The Labute approximate surface area is 156 Å². The molecule has 25 heavy (non-hydrogen) atoms. The Kier molecular flexibility index (Phi) is 6.14. The maximum Gasteiger partial charge on any atom is 0.241 e. The third-order valence-corrected chi connectivity index (χ3v) is 6.08. The molecule has 2 aromatic carbocycles. The second-order valence-corrected chi connectivity index (χ2v) is 8.47. The normalized spacial score (nSPS) is 17.0. The van der Waals surface area contributed by atoms with Crippen LogP contribution in [-0.4, -0.2) is 8.42 Å². The summed E-state index contributed by atoms with van der Waals surface area (Å²) in [4.78, 5) is 0.330. The molecule has 1 atom stereocenters. The molecule has 1 aliphatic rings. The van der Waals surface area contributed by atoms with Gasteiger partial charge in [0.15, 0.2) is 0 Å². The van der Waals surface area contributed by atoms with Crippen LogP contribution in [0.4, 0.5) is 5.69 Å². The molecular formula is C19H25ClN2O2S. The van der Waals surface area contributed by atoms with Gasteiger partial charge in [0.05, 0.1) is 4.90 Å². The first-order valence-electron chi connectivity index (χ1n) is 8.37. The first kappa shape index (κ1) is 19.8. The van der Waals surface area contributed by atoms with Crippen LogP contribution in [0.2, 0.25) is 0 Å². The summed E-state index contributed by atoms with van der Waals surface area (Å²) in [6.45, 7) is 4.11. The SMILES string of the molecule is CC(C)c1cccc(S(=O)(=O)NC2CCCc3cc(N)ccc32)c1.Cl. The Morgan fingerprint density at radius 2 is 1.92 bits per heavy atom. The van der Waals surface area contributed by atoms with Crippen LogP contribution in [-0.2, 0) is 16.4 Å². The molecule has 1 aliphatic carbocycles. The van der Waals surface area contributed by atoms with Gasteiger partial charge in [0.25, 0.3) is 0 Å². The molecule has 6 heteroatoms. The first-order chi connectivity index (χ1) is 11.4. The molecule has 0 radical (unpaired) electrons. The van der Waals surface area contributed by atoms with Gasteiger partial charge in [-0.2, -0.15) is 0 Å². The molecule has 3 rings (SSSR count). The summed E-state index contributed by atoms with van der Waals surface area (Å²) in [6.07, 6.45) is 2.71. The van der Waals surface area contributed by atoms with Crippen LogP contribution in [0.5, 0.6) is 0 Å². The van der Waals surface area contributed by atoms with Crippen LogP contribution in [0.1, 0.15) is 55.3 Å². The summed E-state index contributed by atoms with van der Waals surface area (Å²) in [7, 11) is -3.55. The molecule has 0 saturated carbocycles. The molecule has 2 aromatic rings. The van der Waals surface area contributed by atoms with Gasteiger partial charge in [0.1, 0.15) is 0 Å². The Hall–Kier alpha value is -1.56. The molecule has 1 unspecified atom stereocenters. The summed E-state index contributed by atoms with van der Waals surface area (Å²) in [5.41, 5.74) is 9.78. The van der Waals surface area contributed by atoms with Crippen molar-refractivity contribution in [3.63, 3.8) is 0 Å². The second-order valence-electron chi connectivity index (χ2n) is 6.75. The predicted octanol–water partition coefficient (Wildman–Crippen LogP) is 4.17. The number of nitrogens with two attached hydrogens (primary N) is 1. The number of anilines is 1. The molecule has 4 nitrogen and oxygen atoms in total. The van der Waals surface area contributed by atoms with Crippen LogP contribution in [0.25, 0.3) is 0 Å². The average molecular weight is 381 g/mol. The molecule has 0 heterocycles. The van der Waals surface area contributed by atoms with E-state index in [1.807, 2.05) is 24.3 Å². The Morgan fingerprint density at radius 1 is 1.16 bits per heavy atom. The van der Waals surface area contributed by atoms with Crippen molar-refractivity contribution in [2.45, 2.75) is 50.0 Å². The third-order valence-electron chi connectivity index (χ3n) is 4.61. The zero-order chi connectivity index (χ0) is 17.3. The fourth-order valence-corrected chi connectivity index (χ4v) is 4.56. The van der Waals surface area contributed by atoms with Crippen molar-refractivity contribution in [1.29, 1.82) is 0 Å². The smallest absolute Gasteiger partial charge is 0.241 e. The van der Waals surface area contributed by atoms with Crippen molar-refractivity contribution >= 4 is 28.1 Å². The summed E-state index contributed by atoms with van der Waals surface area (Å²) in [6, 6.07) is 12.7. The summed E-state index contributed by atoms with van der Waals surface area (Å²) >= 11 is 0. The monoisotopic (exact) mass is 380 g/mol. The highest BCUT2D eigenvalue weighted by molar-refractivity contribution is 7.89. The molecule has 0 aromatic heterocycles. The lowest BCUT2D eigenvalue weighted by molar-refractivity contribution is 0.507. The van der Waals surface area contributed by atoms with Gasteiger partial charge < -0.3 is 5.73 Å². The van der Waals surface area contributed by atoms with Crippen LogP contribution in [0.15, 0.2) is 47.4 Å². The first-order valence-corrected chi connectivity index (χ1v) is 9.86. The van der Waals surface area contributed by atoms with Crippen molar-refractivity contribution in [2.24, 2.45) is 0 Å². The largest absolute Gasteiger partial charge is 0.399 e. The summed E-state index contributed by atoms with van der Waals surface area (Å²) < 4.78 is 28.5. The minimum Gasteiger partial charge on any atom is -0.399 e. The van der Waals surface area contributed by atoms with Crippen LogP contribution in [0.3, 0.4) is 0 Å². The van der Waals surface area contributed by atoms with Crippen molar-refractivity contribution in [1.82, 2.24) is 4.72 Å². The topological polar surface area (TPSA) is 72.2 Å². The third kappa shape index (κ3) is 4.35. The lowest BCUT2D eigenvalue weighted by atomic mass is 9.88. The van der Waals surface area contributed by atoms with E-state index in [0.717, 1.165) is 41.6 Å². The van der Waals surface area contributed by atoms with Gasteiger partial charge in [-0.1, -0.05) is 32.0 Å². The van der Waals surface area contributed by atoms with Gasteiger partial charge >= 0.3 is 0 Å². The number of sulfonamides is 1. The highest BCUT2D eigenvalue weighted by atomic mass is 35.5. The van der Waals surface area contributed by atoms with Gasteiger partial charge in [-0.05, 0) is 66.1 Å². The summed E-state index contributed by atoms with van der Waals surface area (Å²) in [5.74, 6) is 0.290. The molecule has 0 spiro atoms. The molecule has 3 N–H and O–H groups in total. The van der Waals surface area contributed by atoms with E-state index in [1.165, 1.54) is 0 Å². The lowest BCUT2D eigenvalue weighted by Crippen LogP contribution is -2.31. The number of hydrogen-bond donors (Lipinski definition) is 2. The van der Waals surface area contributed by atoms with Crippen molar-refractivity contribution < 1.29 is 8.42 Å². The minimum absolute atomic E-state index is 0. The molecule has 0 aliphatic heterocycles. The van der Waals surface area contributed by atoms with Crippen molar-refractivity contribution in [2.75, 3.05) is 5.73 Å². The van der Waals surface area contributed by atoms with E-state index < -0.39 is 10.0 Å². The fraction of sp³-hybridized carbons (Fsp3) is 0.368. The lowest BCUT2D eigenvalue weighted by Gasteiger charge is -2.26. The van der Waals surface area contributed by atoms with Gasteiger partial charge in [-0.3, -0.25) is 0 Å². The molecule has 0 amide bonds. The number of halogens is 1. The standard InChI is InChI=1S/C19H24N2O2S.ClH/c1-13(2)14-5-3-7-17(12-14)24(22,23)21-19-8-4-6-15-11-16(20)9-10-18(15)19;/h3,5,7,9-13,19,21H,4,6,8,20H2,1-2H3;1H. The van der Waals surface area contributed by atoms with Crippen LogP contribution >= 0.6 is 12.4 Å². The van der Waals surface area contributed by atoms with Crippen LogP contribution < -0.4 is 10.5 Å². The number of nitrogens with one attached hydrogen (secondary N) is 1. The number of benzene rings is 2. The van der Waals surface area contributed by atoms with Gasteiger partial charge in [0, 0.05) is 11.7 Å². The van der Waals surface area contributed by atoms with E-state index in [9.17, 15) is 8.42 Å². The Morgan fingerprint density at radius 3 is 2.64 bits per heavy atom. The van der Waals surface area contributed by atoms with Crippen molar-refractivity contribution in [3.8, 4) is 0 Å². The Balaban J connectivity index is 0.00000225. The average Bonchev–Trinajstić information content (AvgIpc) is 2.54. The number of rotatable bonds is 4. The van der Waals surface area contributed by atoms with Crippen molar-refractivity contribution in [3.05, 3.63) is 59.2 Å². The van der Waals surface area contributed by atoms with Gasteiger partial charge in [-0.15, -0.1) is 12.4 Å². The van der Waals surface area contributed by atoms with E-state index in [4.69, 9.17) is 5.73 Å². The van der Waals surface area contributed by atoms with E-state index in [1.54, 1.807) is 18.2 Å². The highest BCUT2D eigenvalue weighted by Gasteiger charge is 2.26. The maximum absolute atomic E-state index is 12.8.